The molecule has 0 aromatic rings. The van der Waals surface area contributed by atoms with Crippen LogP contribution in [0, 0.1) is 28.6 Å². The summed E-state index contributed by atoms with van der Waals surface area (Å²) in [6.45, 7) is 4.65. The maximum Gasteiger partial charge on any atom is 0.335 e. The zero-order chi connectivity index (χ0) is 23.7. The molecule has 0 amide bonds. The molecule has 1 aliphatic heterocycles. The first-order valence-corrected chi connectivity index (χ1v) is 12.5. The van der Waals surface area contributed by atoms with Gasteiger partial charge in [0, 0.05) is 0 Å². The Morgan fingerprint density at radius 1 is 1.00 bits per heavy atom. The molecule has 8 nitrogen and oxygen atoms in total. The summed E-state index contributed by atoms with van der Waals surface area (Å²) in [5.74, 6) is 0.359. The van der Waals surface area contributed by atoms with Crippen LogP contribution in [0.3, 0.4) is 0 Å². The van der Waals surface area contributed by atoms with Crippen LogP contribution in [0.5, 0.6) is 0 Å². The van der Waals surface area contributed by atoms with E-state index in [1.165, 1.54) is 5.57 Å². The fraction of sp³-hybridized carbons (Fsp3) is 0.880. The van der Waals surface area contributed by atoms with E-state index in [0.29, 0.717) is 24.2 Å². The van der Waals surface area contributed by atoms with Gasteiger partial charge >= 0.3 is 5.97 Å². The Hall–Kier alpha value is -1.03. The summed E-state index contributed by atoms with van der Waals surface area (Å²) in [7, 11) is 0. The number of aliphatic hydroxyl groups is 4. The van der Waals surface area contributed by atoms with Crippen molar-refractivity contribution in [1.82, 2.24) is 0 Å². The van der Waals surface area contributed by atoms with E-state index in [1.807, 2.05) is 0 Å². The van der Waals surface area contributed by atoms with E-state index in [-0.39, 0.29) is 23.0 Å². The lowest BCUT2D eigenvalue weighted by molar-refractivity contribution is -0.306. The molecule has 0 bridgehead atoms. The molecule has 0 aromatic heterocycles. The number of rotatable bonds is 3. The van der Waals surface area contributed by atoms with Gasteiger partial charge in [-0.3, -0.25) is 0 Å². The summed E-state index contributed by atoms with van der Waals surface area (Å²) in [6, 6.07) is 0. The van der Waals surface area contributed by atoms with Gasteiger partial charge in [-0.1, -0.05) is 25.5 Å². The highest BCUT2D eigenvalue weighted by Crippen LogP contribution is 2.64. The summed E-state index contributed by atoms with van der Waals surface area (Å²) in [6.07, 6.45) is 1.73. The van der Waals surface area contributed by atoms with E-state index in [2.05, 4.69) is 19.9 Å². The molecule has 0 radical (unpaired) electrons. The largest absolute Gasteiger partial charge is 0.479 e. The van der Waals surface area contributed by atoms with E-state index in [9.17, 15) is 30.3 Å². The molecule has 33 heavy (non-hydrogen) atoms. The van der Waals surface area contributed by atoms with Crippen LogP contribution in [0.15, 0.2) is 11.6 Å². The van der Waals surface area contributed by atoms with Crippen molar-refractivity contribution in [1.29, 1.82) is 0 Å². The van der Waals surface area contributed by atoms with Gasteiger partial charge < -0.3 is 35.0 Å². The van der Waals surface area contributed by atoms with Crippen LogP contribution in [-0.4, -0.2) is 74.4 Å². The molecule has 4 fully saturated rings. The van der Waals surface area contributed by atoms with Crippen LogP contribution in [-0.2, 0) is 14.3 Å². The third-order valence-electron chi connectivity index (χ3n) is 10.1. The Bertz CT molecular complexity index is 814. The average molecular weight is 467 g/mol. The van der Waals surface area contributed by atoms with Crippen LogP contribution < -0.4 is 0 Å². The second-order valence-corrected chi connectivity index (χ2v) is 11.6. The molecule has 12 atom stereocenters. The first kappa shape index (κ1) is 23.7. The van der Waals surface area contributed by atoms with Crippen molar-refractivity contribution in [2.24, 2.45) is 28.6 Å². The highest BCUT2D eigenvalue weighted by atomic mass is 16.7. The molecular formula is C25H38O8. The number of allylic oxidation sites excluding steroid dienone is 1. The number of carboxylic acids is 1. The second-order valence-electron chi connectivity index (χ2n) is 11.6. The number of hydrogen-bond acceptors (Lipinski definition) is 7. The maximum absolute atomic E-state index is 11.4. The first-order valence-electron chi connectivity index (χ1n) is 12.5. The number of aliphatic hydroxyl groups excluding tert-OH is 4. The number of carboxylic acid groups (broad SMARTS) is 1. The maximum atomic E-state index is 11.4. The molecule has 1 saturated heterocycles. The van der Waals surface area contributed by atoms with Crippen LogP contribution in [0.1, 0.15) is 65.2 Å². The summed E-state index contributed by atoms with van der Waals surface area (Å²) in [5, 5.41) is 50.2. The van der Waals surface area contributed by atoms with Gasteiger partial charge in [0.1, 0.15) is 18.3 Å². The van der Waals surface area contributed by atoms with Gasteiger partial charge in [-0.05, 0) is 80.0 Å². The number of hydrogen-bond donors (Lipinski definition) is 5. The molecule has 1 unspecified atom stereocenters. The fourth-order valence-corrected chi connectivity index (χ4v) is 8.07. The quantitative estimate of drug-likeness (QED) is 0.396. The first-order chi connectivity index (χ1) is 15.6. The Kier molecular flexibility index (Phi) is 5.94. The lowest BCUT2D eigenvalue weighted by Gasteiger charge is -2.58. The number of aliphatic carboxylic acids is 1. The van der Waals surface area contributed by atoms with Crippen LogP contribution in [0.25, 0.3) is 0 Å². The Morgan fingerprint density at radius 3 is 2.48 bits per heavy atom. The van der Waals surface area contributed by atoms with Gasteiger partial charge in [0.05, 0.1) is 12.2 Å². The van der Waals surface area contributed by atoms with Gasteiger partial charge in [0.2, 0.25) is 0 Å². The van der Waals surface area contributed by atoms with E-state index in [0.717, 1.165) is 44.9 Å². The van der Waals surface area contributed by atoms with Crippen molar-refractivity contribution >= 4 is 5.97 Å². The molecule has 4 aliphatic carbocycles. The third kappa shape index (κ3) is 3.60. The lowest BCUT2D eigenvalue weighted by atomic mass is 9.48. The SMILES string of the molecule is C[C@]12CC[C@H]3[C@@H](CC=C4C[C@@H](OC5O[C@H](C(=O)O)[C@@H](O)[C@H](O)[C@H]5O)CC[C@@]43C)[C@@H]1CC[C@@H]2O. The molecule has 3 saturated carbocycles. The van der Waals surface area contributed by atoms with Gasteiger partial charge in [-0.15, -0.1) is 0 Å². The normalized spacial score (nSPS) is 54.1. The molecule has 5 N–H and O–H groups in total. The van der Waals surface area contributed by atoms with Crippen molar-refractivity contribution < 1.29 is 39.8 Å². The topological polar surface area (TPSA) is 137 Å². The summed E-state index contributed by atoms with van der Waals surface area (Å²) in [4.78, 5) is 11.4. The van der Waals surface area contributed by atoms with Crippen molar-refractivity contribution in [2.75, 3.05) is 0 Å². The van der Waals surface area contributed by atoms with E-state index in [1.54, 1.807) is 0 Å². The molecule has 0 spiro atoms. The molecule has 1 heterocycles. The zero-order valence-electron chi connectivity index (χ0n) is 19.5. The number of fused-ring (bicyclic) bond motifs is 5. The van der Waals surface area contributed by atoms with Crippen LogP contribution in [0.4, 0.5) is 0 Å². The van der Waals surface area contributed by atoms with E-state index >= 15 is 0 Å². The van der Waals surface area contributed by atoms with Crippen LogP contribution >= 0.6 is 0 Å². The minimum absolute atomic E-state index is 0.0454. The zero-order valence-corrected chi connectivity index (χ0v) is 19.5. The van der Waals surface area contributed by atoms with Gasteiger partial charge in [0.15, 0.2) is 12.4 Å². The van der Waals surface area contributed by atoms with Gasteiger partial charge in [-0.25, -0.2) is 4.79 Å². The standard InChI is InChI=1S/C25H38O8/c1-24-9-7-13(32-23-20(29)18(27)19(28)21(33-23)22(30)31)11-12(24)3-4-14-15-5-6-17(26)25(15,2)10-8-16(14)24/h3,13-21,23,26-29H,4-11H2,1-2H3,(H,30,31)/t13-,14-,15-,16-,17-,18-,19-,20+,21-,23?,24-,25-/m0/s1. The molecule has 8 heteroatoms. The van der Waals surface area contributed by atoms with Crippen molar-refractivity contribution in [3.05, 3.63) is 11.6 Å². The Balaban J connectivity index is 1.30. The van der Waals surface area contributed by atoms with Crippen molar-refractivity contribution in [3.8, 4) is 0 Å². The molecule has 5 aliphatic rings. The van der Waals surface area contributed by atoms with E-state index in [4.69, 9.17) is 9.47 Å². The minimum Gasteiger partial charge on any atom is -0.479 e. The van der Waals surface area contributed by atoms with Crippen LogP contribution in [0.2, 0.25) is 0 Å². The monoisotopic (exact) mass is 466 g/mol. The Labute approximate surface area is 194 Å². The van der Waals surface area contributed by atoms with Crippen molar-refractivity contribution in [2.45, 2.75) is 108 Å². The highest BCUT2D eigenvalue weighted by molar-refractivity contribution is 5.73. The molecule has 5 rings (SSSR count). The summed E-state index contributed by atoms with van der Waals surface area (Å²) in [5.41, 5.74) is 1.50. The summed E-state index contributed by atoms with van der Waals surface area (Å²) >= 11 is 0. The van der Waals surface area contributed by atoms with E-state index < -0.39 is 36.7 Å². The minimum atomic E-state index is -1.71. The van der Waals surface area contributed by atoms with Gasteiger partial charge in [0.25, 0.3) is 0 Å². The second kappa shape index (κ2) is 8.28. The predicted octanol–water partition coefficient (Wildman–Crippen LogP) is 1.59. The summed E-state index contributed by atoms with van der Waals surface area (Å²) < 4.78 is 11.3. The lowest BCUT2D eigenvalue weighted by Crippen LogP contribution is -2.61. The smallest absolute Gasteiger partial charge is 0.335 e. The molecule has 186 valence electrons. The molecule has 0 aromatic carbocycles. The van der Waals surface area contributed by atoms with Gasteiger partial charge in [-0.2, -0.15) is 0 Å². The molecular weight excluding hydrogens is 428 g/mol. The third-order valence-corrected chi connectivity index (χ3v) is 10.1. The number of carbonyl (C=O) groups is 1. The predicted molar refractivity (Wildman–Crippen MR) is 117 cm³/mol. The fourth-order valence-electron chi connectivity index (χ4n) is 8.07. The van der Waals surface area contributed by atoms with Crippen molar-refractivity contribution in [3.63, 3.8) is 0 Å². The highest BCUT2D eigenvalue weighted by Gasteiger charge is 2.58. The Morgan fingerprint density at radius 2 is 1.76 bits per heavy atom. The average Bonchev–Trinajstić information content (AvgIpc) is 3.08. The number of ether oxygens (including phenoxy) is 2.